The van der Waals surface area contributed by atoms with Gasteiger partial charge in [0.15, 0.2) is 0 Å². The van der Waals surface area contributed by atoms with E-state index in [2.05, 4.69) is 0 Å². The first-order chi connectivity index (χ1) is 9.03. The molecule has 1 aromatic carbocycles. The summed E-state index contributed by atoms with van der Waals surface area (Å²) in [6.07, 6.45) is -5.83. The Bertz CT molecular complexity index is 615. The Kier molecular flexibility index (Phi) is 4.55. The van der Waals surface area contributed by atoms with E-state index in [0.29, 0.717) is 0 Å². The Hall–Kier alpha value is -1.88. The lowest BCUT2D eigenvalue weighted by atomic mass is 10.3. The molecule has 7 nitrogen and oxygen atoms in total. The van der Waals surface area contributed by atoms with Crippen LogP contribution in [0.3, 0.4) is 0 Å². The number of hydrogen-bond donors (Lipinski definition) is 2. The average molecular weight is 313 g/mol. The number of rotatable bonds is 5. The molecule has 0 unspecified atom stereocenters. The molecule has 0 aliphatic heterocycles. The number of anilines is 1. The Morgan fingerprint density at radius 3 is 2.40 bits per heavy atom. The Morgan fingerprint density at radius 2 is 1.95 bits per heavy atom. The Balaban J connectivity index is 2.91. The predicted molar refractivity (Wildman–Crippen MR) is 63.4 cm³/mol. The van der Waals surface area contributed by atoms with E-state index in [4.69, 9.17) is 5.73 Å². The van der Waals surface area contributed by atoms with Crippen LogP contribution < -0.4 is 10.5 Å². The van der Waals surface area contributed by atoms with Gasteiger partial charge in [0, 0.05) is 18.7 Å². The van der Waals surface area contributed by atoms with Crippen molar-refractivity contribution < 1.29 is 26.5 Å². The molecular weight excluding hydrogens is 303 g/mol. The van der Waals surface area contributed by atoms with E-state index in [0.717, 1.165) is 18.2 Å². The molecule has 0 bridgehead atoms. The number of alkyl halides is 3. The minimum Gasteiger partial charge on any atom is -0.397 e. The fraction of sp³-hybridized carbons (Fsp3) is 0.333. The highest BCUT2D eigenvalue weighted by Crippen LogP contribution is 2.24. The van der Waals surface area contributed by atoms with Gasteiger partial charge in [0.2, 0.25) is 10.0 Å². The van der Waals surface area contributed by atoms with E-state index in [-0.39, 0.29) is 0 Å². The van der Waals surface area contributed by atoms with Crippen LogP contribution in [0.5, 0.6) is 0 Å². The minimum absolute atomic E-state index is 0.418. The molecule has 11 heteroatoms. The van der Waals surface area contributed by atoms with Crippen LogP contribution in [0, 0.1) is 10.1 Å². The second kappa shape index (κ2) is 5.63. The number of hydrogen-bond acceptors (Lipinski definition) is 5. The van der Waals surface area contributed by atoms with E-state index < -0.39 is 50.4 Å². The summed E-state index contributed by atoms with van der Waals surface area (Å²) in [7, 11) is -4.25. The molecule has 0 atom stereocenters. The van der Waals surface area contributed by atoms with Crippen LogP contribution in [0.2, 0.25) is 0 Å². The molecule has 0 amide bonds. The number of non-ortho nitro benzene ring substituents is 1. The van der Waals surface area contributed by atoms with Crippen LogP contribution in [0.25, 0.3) is 0 Å². The van der Waals surface area contributed by atoms with Crippen molar-refractivity contribution in [2.45, 2.75) is 17.5 Å². The zero-order chi connectivity index (χ0) is 15.6. The molecule has 0 saturated carbocycles. The fourth-order valence-electron chi connectivity index (χ4n) is 1.30. The molecule has 0 aromatic heterocycles. The summed E-state index contributed by atoms with van der Waals surface area (Å²) in [6, 6.07) is 2.58. The van der Waals surface area contributed by atoms with Crippen LogP contribution in [-0.4, -0.2) is 26.1 Å². The molecule has 112 valence electrons. The van der Waals surface area contributed by atoms with E-state index in [9.17, 15) is 31.7 Å². The lowest BCUT2D eigenvalue weighted by Gasteiger charge is -2.10. The van der Waals surface area contributed by atoms with Gasteiger partial charge in [-0.3, -0.25) is 10.1 Å². The number of nitrogens with two attached hydrogens (primary N) is 1. The lowest BCUT2D eigenvalue weighted by molar-refractivity contribution is -0.384. The first-order valence-electron chi connectivity index (χ1n) is 5.13. The van der Waals surface area contributed by atoms with Crippen molar-refractivity contribution in [3.8, 4) is 0 Å². The number of nitrogens with one attached hydrogen (secondary N) is 1. The predicted octanol–water partition coefficient (Wildman–Crippen LogP) is 1.41. The number of sulfonamides is 1. The number of halogens is 3. The third-order valence-corrected chi connectivity index (χ3v) is 3.73. The SMILES string of the molecule is Nc1cc([N+](=O)[O-])ccc1S(=O)(=O)NCCC(F)(F)F. The van der Waals surface area contributed by atoms with Crippen molar-refractivity contribution in [3.05, 3.63) is 28.3 Å². The van der Waals surface area contributed by atoms with Crippen molar-refractivity contribution >= 4 is 21.4 Å². The van der Waals surface area contributed by atoms with Crippen LogP contribution in [0.4, 0.5) is 24.5 Å². The molecule has 0 spiro atoms. The fourth-order valence-corrected chi connectivity index (χ4v) is 2.44. The molecule has 3 N–H and O–H groups in total. The molecule has 0 aliphatic carbocycles. The Labute approximate surface area is 111 Å². The highest BCUT2D eigenvalue weighted by atomic mass is 32.2. The number of nitrogen functional groups attached to an aromatic ring is 1. The van der Waals surface area contributed by atoms with Gasteiger partial charge < -0.3 is 5.73 Å². The van der Waals surface area contributed by atoms with Crippen LogP contribution in [0.1, 0.15) is 6.42 Å². The zero-order valence-corrected chi connectivity index (χ0v) is 10.7. The van der Waals surface area contributed by atoms with E-state index in [1.807, 2.05) is 0 Å². The monoisotopic (exact) mass is 313 g/mol. The molecule has 0 fully saturated rings. The van der Waals surface area contributed by atoms with Gasteiger partial charge in [0.25, 0.3) is 5.69 Å². The third-order valence-electron chi connectivity index (χ3n) is 2.19. The molecule has 0 aliphatic rings. The van der Waals surface area contributed by atoms with E-state index in [1.165, 1.54) is 0 Å². The summed E-state index contributed by atoms with van der Waals surface area (Å²) in [4.78, 5) is 9.17. The maximum Gasteiger partial charge on any atom is 0.390 e. The zero-order valence-electron chi connectivity index (χ0n) is 9.85. The Morgan fingerprint density at radius 1 is 1.35 bits per heavy atom. The summed E-state index contributed by atoms with van der Waals surface area (Å²) in [5, 5.41) is 10.5. The number of benzene rings is 1. The standard InChI is InChI=1S/C9H10F3N3O4S/c10-9(11,12)3-4-14-20(18,19)8-2-1-6(15(16)17)5-7(8)13/h1-2,5,14H,3-4,13H2. The first kappa shape index (κ1) is 16.2. The normalized spacial score (nSPS) is 12.3. The largest absolute Gasteiger partial charge is 0.397 e. The van der Waals surface area contributed by atoms with Crippen molar-refractivity contribution in [2.24, 2.45) is 0 Å². The van der Waals surface area contributed by atoms with Gasteiger partial charge in [-0.25, -0.2) is 13.1 Å². The van der Waals surface area contributed by atoms with Gasteiger partial charge in [-0.2, -0.15) is 13.2 Å². The molecule has 0 radical (unpaired) electrons. The first-order valence-corrected chi connectivity index (χ1v) is 6.61. The summed E-state index contributed by atoms with van der Waals surface area (Å²) in [5.41, 5.74) is 4.52. The van der Waals surface area contributed by atoms with Gasteiger partial charge in [-0.05, 0) is 6.07 Å². The van der Waals surface area contributed by atoms with Crippen LogP contribution in [-0.2, 0) is 10.0 Å². The molecule has 1 aromatic rings. The van der Waals surface area contributed by atoms with Crippen molar-refractivity contribution in [1.82, 2.24) is 4.72 Å². The second-order valence-corrected chi connectivity index (χ2v) is 5.48. The maximum atomic E-state index is 11.9. The van der Waals surface area contributed by atoms with Gasteiger partial charge in [0.05, 0.1) is 17.0 Å². The molecule has 20 heavy (non-hydrogen) atoms. The maximum absolute atomic E-state index is 11.9. The highest BCUT2D eigenvalue weighted by Gasteiger charge is 2.28. The smallest absolute Gasteiger partial charge is 0.390 e. The van der Waals surface area contributed by atoms with E-state index >= 15 is 0 Å². The summed E-state index contributed by atoms with van der Waals surface area (Å²) < 4.78 is 60.9. The van der Waals surface area contributed by atoms with Gasteiger partial charge >= 0.3 is 6.18 Å². The van der Waals surface area contributed by atoms with Crippen molar-refractivity contribution in [3.63, 3.8) is 0 Å². The number of nitrogens with zero attached hydrogens (tertiary/aromatic N) is 1. The summed E-state index contributed by atoms with van der Waals surface area (Å²) in [6.45, 7) is -0.845. The van der Waals surface area contributed by atoms with E-state index in [1.54, 1.807) is 4.72 Å². The molecule has 0 saturated heterocycles. The lowest BCUT2D eigenvalue weighted by Crippen LogP contribution is -2.28. The number of nitro groups is 1. The van der Waals surface area contributed by atoms with Crippen molar-refractivity contribution in [2.75, 3.05) is 12.3 Å². The molecular formula is C9H10F3N3O4S. The average Bonchev–Trinajstić information content (AvgIpc) is 2.26. The second-order valence-electron chi connectivity index (χ2n) is 3.74. The van der Waals surface area contributed by atoms with Gasteiger partial charge in [-0.15, -0.1) is 0 Å². The minimum atomic E-state index is -4.50. The summed E-state index contributed by atoms with van der Waals surface area (Å²) in [5.74, 6) is 0. The van der Waals surface area contributed by atoms with Gasteiger partial charge in [-0.1, -0.05) is 0 Å². The molecule has 1 rings (SSSR count). The number of nitro benzene ring substituents is 1. The quantitative estimate of drug-likeness (QED) is 0.484. The van der Waals surface area contributed by atoms with Crippen LogP contribution >= 0.6 is 0 Å². The van der Waals surface area contributed by atoms with Gasteiger partial charge in [0.1, 0.15) is 4.90 Å². The van der Waals surface area contributed by atoms with Crippen molar-refractivity contribution in [1.29, 1.82) is 0 Å². The summed E-state index contributed by atoms with van der Waals surface area (Å²) >= 11 is 0. The topological polar surface area (TPSA) is 115 Å². The molecule has 0 heterocycles. The highest BCUT2D eigenvalue weighted by molar-refractivity contribution is 7.89. The third kappa shape index (κ3) is 4.35. The van der Waals surface area contributed by atoms with Crippen LogP contribution in [0.15, 0.2) is 23.1 Å².